The van der Waals surface area contributed by atoms with E-state index in [1.54, 1.807) is 0 Å². The Kier molecular flexibility index (Phi) is 3.53. The molecule has 14 heavy (non-hydrogen) atoms. The lowest BCUT2D eigenvalue weighted by molar-refractivity contribution is -0.153. The maximum atomic E-state index is 11.3. The van der Waals surface area contributed by atoms with E-state index < -0.39 is 11.5 Å². The number of aliphatic carboxylic acids is 1. The number of rotatable bonds is 3. The molecule has 0 aromatic heterocycles. The number of hydrogen-bond acceptors (Lipinski definition) is 2. The van der Waals surface area contributed by atoms with Gasteiger partial charge in [0.2, 0.25) is 0 Å². The van der Waals surface area contributed by atoms with Gasteiger partial charge in [-0.15, -0.1) is 0 Å². The van der Waals surface area contributed by atoms with E-state index in [4.69, 9.17) is 0 Å². The van der Waals surface area contributed by atoms with Crippen LogP contribution in [0.3, 0.4) is 0 Å². The fourth-order valence-electron chi connectivity index (χ4n) is 2.31. The molecule has 0 aromatic rings. The van der Waals surface area contributed by atoms with Crippen molar-refractivity contribution in [3.63, 3.8) is 0 Å². The van der Waals surface area contributed by atoms with Crippen LogP contribution in [0.1, 0.15) is 46.5 Å². The van der Waals surface area contributed by atoms with Gasteiger partial charge in [0.05, 0.1) is 0 Å². The molecule has 1 rings (SSSR count). The Morgan fingerprint density at radius 1 is 1.57 bits per heavy atom. The van der Waals surface area contributed by atoms with Gasteiger partial charge in [-0.2, -0.15) is 0 Å². The number of carboxylic acid groups (broad SMARTS) is 1. The van der Waals surface area contributed by atoms with Crippen LogP contribution in [0.15, 0.2) is 0 Å². The summed E-state index contributed by atoms with van der Waals surface area (Å²) in [5.74, 6) is -0.686. The van der Waals surface area contributed by atoms with Crippen molar-refractivity contribution in [1.82, 2.24) is 4.90 Å². The third-order valence-corrected chi connectivity index (χ3v) is 3.59. The molecule has 3 heteroatoms. The number of likely N-dealkylation sites (tertiary alicyclic amines) is 1. The molecule has 1 aliphatic rings. The Bertz CT molecular complexity index is 217. The number of carbonyl (C=O) groups is 1. The summed E-state index contributed by atoms with van der Waals surface area (Å²) in [7, 11) is 0. The fraction of sp³-hybridized carbons (Fsp3) is 0.909. The Balaban J connectivity index is 2.81. The van der Waals surface area contributed by atoms with Gasteiger partial charge in [0.25, 0.3) is 0 Å². The van der Waals surface area contributed by atoms with Crippen molar-refractivity contribution in [2.24, 2.45) is 0 Å². The van der Waals surface area contributed by atoms with Crippen LogP contribution in [-0.2, 0) is 4.79 Å². The molecule has 82 valence electrons. The first-order valence-electron chi connectivity index (χ1n) is 5.52. The lowest BCUT2D eigenvalue weighted by atomic mass is 9.90. The van der Waals surface area contributed by atoms with Crippen molar-refractivity contribution < 1.29 is 9.90 Å². The highest BCUT2D eigenvalue weighted by Gasteiger charge is 2.40. The first-order chi connectivity index (χ1) is 6.52. The third-order valence-electron chi connectivity index (χ3n) is 3.59. The molecule has 1 fully saturated rings. The van der Waals surface area contributed by atoms with Crippen molar-refractivity contribution >= 4 is 5.97 Å². The standard InChI is InChI=1S/C11H21NO2/c1-4-11(3,10(13)14)12-8-6-5-7-9(12)2/h9H,4-8H2,1-3H3,(H,13,14)/t9-,11+/m1/s1. The SMILES string of the molecule is CC[C@@](C)(C(=O)O)N1CCCC[C@H]1C. The van der Waals surface area contributed by atoms with Gasteiger partial charge in [-0.05, 0) is 39.7 Å². The average molecular weight is 199 g/mol. The molecule has 0 aliphatic carbocycles. The van der Waals surface area contributed by atoms with Gasteiger partial charge in [0.15, 0.2) is 0 Å². The van der Waals surface area contributed by atoms with Gasteiger partial charge in [0.1, 0.15) is 5.54 Å². The Labute approximate surface area is 86.1 Å². The molecule has 1 N–H and O–H groups in total. The number of nitrogens with zero attached hydrogens (tertiary/aromatic N) is 1. The maximum absolute atomic E-state index is 11.3. The molecule has 0 aromatic carbocycles. The normalized spacial score (nSPS) is 28.4. The molecule has 0 radical (unpaired) electrons. The highest BCUT2D eigenvalue weighted by molar-refractivity contribution is 5.78. The monoisotopic (exact) mass is 199 g/mol. The summed E-state index contributed by atoms with van der Waals surface area (Å²) in [6, 6.07) is 0.407. The summed E-state index contributed by atoms with van der Waals surface area (Å²) < 4.78 is 0. The van der Waals surface area contributed by atoms with E-state index in [0.717, 1.165) is 19.4 Å². The van der Waals surface area contributed by atoms with Crippen molar-refractivity contribution in [2.45, 2.75) is 58.0 Å². The molecule has 2 atom stereocenters. The minimum atomic E-state index is -0.686. The Morgan fingerprint density at radius 3 is 2.64 bits per heavy atom. The van der Waals surface area contributed by atoms with E-state index in [1.807, 2.05) is 13.8 Å². The van der Waals surface area contributed by atoms with Crippen molar-refractivity contribution in [3.05, 3.63) is 0 Å². The second kappa shape index (κ2) is 4.30. The third kappa shape index (κ3) is 1.92. The summed E-state index contributed by atoms with van der Waals surface area (Å²) in [6.07, 6.45) is 4.17. The van der Waals surface area contributed by atoms with Gasteiger partial charge in [-0.25, -0.2) is 0 Å². The summed E-state index contributed by atoms with van der Waals surface area (Å²) in [4.78, 5) is 13.4. The molecule has 0 amide bonds. The molecule has 0 unspecified atom stereocenters. The van der Waals surface area contributed by atoms with Gasteiger partial charge < -0.3 is 5.11 Å². The van der Waals surface area contributed by atoms with E-state index in [-0.39, 0.29) is 0 Å². The predicted octanol–water partition coefficient (Wildman–Crippen LogP) is 2.11. The average Bonchev–Trinajstić information content (AvgIpc) is 2.17. The van der Waals surface area contributed by atoms with E-state index in [0.29, 0.717) is 12.5 Å². The van der Waals surface area contributed by atoms with E-state index in [9.17, 15) is 9.90 Å². The summed E-state index contributed by atoms with van der Waals surface area (Å²) in [5, 5.41) is 9.26. The number of carboxylic acids is 1. The van der Waals surface area contributed by atoms with Crippen molar-refractivity contribution in [1.29, 1.82) is 0 Å². The van der Waals surface area contributed by atoms with E-state index in [1.165, 1.54) is 6.42 Å². The van der Waals surface area contributed by atoms with Gasteiger partial charge >= 0.3 is 5.97 Å². The largest absolute Gasteiger partial charge is 0.480 e. The van der Waals surface area contributed by atoms with Crippen LogP contribution >= 0.6 is 0 Å². The van der Waals surface area contributed by atoms with E-state index in [2.05, 4.69) is 11.8 Å². The zero-order valence-corrected chi connectivity index (χ0v) is 9.42. The predicted molar refractivity (Wildman–Crippen MR) is 56.4 cm³/mol. The van der Waals surface area contributed by atoms with Crippen molar-refractivity contribution in [3.8, 4) is 0 Å². The Morgan fingerprint density at radius 2 is 2.21 bits per heavy atom. The number of piperidine rings is 1. The molecule has 0 bridgehead atoms. The molecule has 0 spiro atoms. The highest BCUT2D eigenvalue weighted by atomic mass is 16.4. The smallest absolute Gasteiger partial charge is 0.323 e. The van der Waals surface area contributed by atoms with Gasteiger partial charge in [-0.3, -0.25) is 9.69 Å². The lowest BCUT2D eigenvalue weighted by Crippen LogP contribution is -2.57. The van der Waals surface area contributed by atoms with Crippen LogP contribution in [0.5, 0.6) is 0 Å². The summed E-state index contributed by atoms with van der Waals surface area (Å²) in [6.45, 7) is 6.86. The summed E-state index contributed by atoms with van der Waals surface area (Å²) in [5.41, 5.74) is -0.667. The minimum absolute atomic E-state index is 0.407. The first-order valence-corrected chi connectivity index (χ1v) is 5.52. The zero-order chi connectivity index (χ0) is 10.8. The lowest BCUT2D eigenvalue weighted by Gasteiger charge is -2.44. The second-order valence-corrected chi connectivity index (χ2v) is 4.47. The molecule has 1 aliphatic heterocycles. The van der Waals surface area contributed by atoms with Crippen LogP contribution in [-0.4, -0.2) is 34.1 Å². The zero-order valence-electron chi connectivity index (χ0n) is 9.42. The Hall–Kier alpha value is -0.570. The minimum Gasteiger partial charge on any atom is -0.480 e. The fourth-order valence-corrected chi connectivity index (χ4v) is 2.31. The maximum Gasteiger partial charge on any atom is 0.323 e. The van der Waals surface area contributed by atoms with Crippen LogP contribution in [0.25, 0.3) is 0 Å². The van der Waals surface area contributed by atoms with Crippen LogP contribution in [0.2, 0.25) is 0 Å². The topological polar surface area (TPSA) is 40.5 Å². The summed E-state index contributed by atoms with van der Waals surface area (Å²) >= 11 is 0. The first kappa shape index (κ1) is 11.5. The van der Waals surface area contributed by atoms with E-state index >= 15 is 0 Å². The quantitative estimate of drug-likeness (QED) is 0.756. The van der Waals surface area contributed by atoms with Crippen LogP contribution < -0.4 is 0 Å². The molecule has 0 saturated carbocycles. The van der Waals surface area contributed by atoms with Crippen LogP contribution in [0.4, 0.5) is 0 Å². The van der Waals surface area contributed by atoms with Gasteiger partial charge in [0, 0.05) is 6.04 Å². The molecule has 1 saturated heterocycles. The highest BCUT2D eigenvalue weighted by Crippen LogP contribution is 2.28. The molecular formula is C11H21NO2. The molecule has 3 nitrogen and oxygen atoms in total. The van der Waals surface area contributed by atoms with Gasteiger partial charge in [-0.1, -0.05) is 13.3 Å². The second-order valence-electron chi connectivity index (χ2n) is 4.47. The molecule has 1 heterocycles. The molecular weight excluding hydrogens is 178 g/mol. The van der Waals surface area contributed by atoms with Crippen molar-refractivity contribution in [2.75, 3.05) is 6.54 Å². The van der Waals surface area contributed by atoms with Crippen LogP contribution in [0, 0.1) is 0 Å². The number of hydrogen-bond donors (Lipinski definition) is 1.